The van der Waals surface area contributed by atoms with Crippen LogP contribution < -0.4 is 0 Å². The number of benzene rings is 1. The van der Waals surface area contributed by atoms with E-state index < -0.39 is 0 Å². The summed E-state index contributed by atoms with van der Waals surface area (Å²) in [6.45, 7) is 12.8. The van der Waals surface area contributed by atoms with E-state index in [0.29, 0.717) is 0 Å². The molecular formula is C20H30N4. The van der Waals surface area contributed by atoms with E-state index in [9.17, 15) is 0 Å². The van der Waals surface area contributed by atoms with Gasteiger partial charge < -0.3 is 0 Å². The fourth-order valence-electron chi connectivity index (χ4n) is 4.06. The molecule has 24 heavy (non-hydrogen) atoms. The largest absolute Gasteiger partial charge is 0.300 e. The Hall–Kier alpha value is -1.41. The summed E-state index contributed by atoms with van der Waals surface area (Å²) in [5.41, 5.74) is 2.05. The zero-order valence-corrected chi connectivity index (χ0v) is 15.1. The molecule has 0 radical (unpaired) electrons. The number of nitrogens with zero attached hydrogens (tertiary/aromatic N) is 4. The standard InChI is InChI=1S/C20H30N4/c1-17-3-4-18(2)24(17)14-13-22-9-11-23(12-10-22)16-20-7-5-19(15-21)6-8-20/h5-8,17-18H,3-4,9-14,16H2,1-2H3/t17-,18-/m0/s1. The Bertz CT molecular complexity index is 544. The lowest BCUT2D eigenvalue weighted by Gasteiger charge is -2.36. The van der Waals surface area contributed by atoms with Crippen molar-refractivity contribution in [1.29, 1.82) is 5.26 Å². The molecule has 2 fully saturated rings. The van der Waals surface area contributed by atoms with Crippen LogP contribution in [0.1, 0.15) is 37.8 Å². The molecule has 0 aliphatic carbocycles. The molecule has 0 unspecified atom stereocenters. The molecule has 130 valence electrons. The van der Waals surface area contributed by atoms with Crippen molar-refractivity contribution in [2.45, 2.75) is 45.3 Å². The summed E-state index contributed by atoms with van der Waals surface area (Å²) in [5.74, 6) is 0. The van der Waals surface area contributed by atoms with Gasteiger partial charge in [-0.3, -0.25) is 14.7 Å². The van der Waals surface area contributed by atoms with E-state index in [4.69, 9.17) is 5.26 Å². The van der Waals surface area contributed by atoms with Gasteiger partial charge in [-0.2, -0.15) is 5.26 Å². The van der Waals surface area contributed by atoms with Crippen LogP contribution >= 0.6 is 0 Å². The van der Waals surface area contributed by atoms with Crippen molar-refractivity contribution >= 4 is 0 Å². The highest BCUT2D eigenvalue weighted by atomic mass is 15.3. The number of nitriles is 1. The first-order chi connectivity index (χ1) is 11.7. The highest BCUT2D eigenvalue weighted by Crippen LogP contribution is 2.23. The quantitative estimate of drug-likeness (QED) is 0.833. The second-order valence-corrected chi connectivity index (χ2v) is 7.44. The molecule has 2 saturated heterocycles. The Morgan fingerprint density at radius 2 is 1.50 bits per heavy atom. The van der Waals surface area contributed by atoms with Crippen LogP contribution in [0.5, 0.6) is 0 Å². The summed E-state index contributed by atoms with van der Waals surface area (Å²) in [6.07, 6.45) is 2.72. The van der Waals surface area contributed by atoms with Crippen molar-refractivity contribution in [3.63, 3.8) is 0 Å². The minimum absolute atomic E-state index is 0.744. The Balaban J connectivity index is 1.40. The summed E-state index contributed by atoms with van der Waals surface area (Å²) in [5, 5.41) is 8.87. The number of hydrogen-bond donors (Lipinski definition) is 0. The van der Waals surface area contributed by atoms with Crippen molar-refractivity contribution < 1.29 is 0 Å². The van der Waals surface area contributed by atoms with Gasteiger partial charge in [-0.15, -0.1) is 0 Å². The molecule has 4 heteroatoms. The normalized spacial score (nSPS) is 26.5. The summed E-state index contributed by atoms with van der Waals surface area (Å²) in [6, 6.07) is 11.7. The predicted octanol–water partition coefficient (Wildman–Crippen LogP) is 2.55. The van der Waals surface area contributed by atoms with Gasteiger partial charge in [0.25, 0.3) is 0 Å². The van der Waals surface area contributed by atoms with Gasteiger partial charge in [0.2, 0.25) is 0 Å². The monoisotopic (exact) mass is 326 g/mol. The van der Waals surface area contributed by atoms with Gasteiger partial charge in [-0.25, -0.2) is 0 Å². The van der Waals surface area contributed by atoms with Gasteiger partial charge >= 0.3 is 0 Å². The first kappa shape index (κ1) is 17.4. The molecule has 3 rings (SSSR count). The molecule has 0 bridgehead atoms. The summed E-state index contributed by atoms with van der Waals surface area (Å²) in [7, 11) is 0. The van der Waals surface area contributed by atoms with E-state index in [1.165, 1.54) is 44.6 Å². The molecule has 0 spiro atoms. The first-order valence-corrected chi connectivity index (χ1v) is 9.35. The number of piperazine rings is 1. The van der Waals surface area contributed by atoms with Crippen molar-refractivity contribution in [2.24, 2.45) is 0 Å². The Labute approximate surface area is 146 Å². The Morgan fingerprint density at radius 1 is 0.917 bits per heavy atom. The van der Waals surface area contributed by atoms with Gasteiger partial charge in [0.05, 0.1) is 11.6 Å². The zero-order chi connectivity index (χ0) is 16.9. The summed E-state index contributed by atoms with van der Waals surface area (Å²) in [4.78, 5) is 7.83. The van der Waals surface area contributed by atoms with E-state index in [2.05, 4.69) is 46.7 Å². The van der Waals surface area contributed by atoms with Gasteiger partial charge in [-0.1, -0.05) is 12.1 Å². The van der Waals surface area contributed by atoms with Crippen molar-refractivity contribution in [1.82, 2.24) is 14.7 Å². The molecule has 0 amide bonds. The third kappa shape index (κ3) is 4.36. The van der Waals surface area contributed by atoms with E-state index in [-0.39, 0.29) is 0 Å². The highest BCUT2D eigenvalue weighted by molar-refractivity contribution is 5.31. The second kappa shape index (κ2) is 8.11. The van der Waals surface area contributed by atoms with Crippen molar-refractivity contribution in [3.8, 4) is 6.07 Å². The average Bonchev–Trinajstić information content (AvgIpc) is 2.93. The smallest absolute Gasteiger partial charge is 0.0991 e. The third-order valence-electron chi connectivity index (χ3n) is 5.76. The molecule has 0 N–H and O–H groups in total. The maximum atomic E-state index is 8.87. The molecule has 1 aromatic carbocycles. The minimum atomic E-state index is 0.744. The number of hydrogen-bond acceptors (Lipinski definition) is 4. The molecule has 1 aromatic rings. The average molecular weight is 326 g/mol. The third-order valence-corrected chi connectivity index (χ3v) is 5.76. The molecule has 2 heterocycles. The van der Waals surface area contributed by atoms with Crippen LogP contribution in [0.25, 0.3) is 0 Å². The predicted molar refractivity (Wildman–Crippen MR) is 97.7 cm³/mol. The SMILES string of the molecule is C[C@H]1CC[C@H](C)N1CCN1CCN(Cc2ccc(C#N)cc2)CC1. The topological polar surface area (TPSA) is 33.5 Å². The van der Waals surface area contributed by atoms with Crippen LogP contribution in [-0.4, -0.2) is 66.1 Å². The van der Waals surface area contributed by atoms with Crippen molar-refractivity contribution in [2.75, 3.05) is 39.3 Å². The molecule has 2 aliphatic heterocycles. The molecule has 2 aliphatic rings. The molecule has 0 saturated carbocycles. The van der Waals surface area contributed by atoms with E-state index in [1.54, 1.807) is 0 Å². The lowest BCUT2D eigenvalue weighted by atomic mass is 10.1. The molecule has 4 nitrogen and oxygen atoms in total. The van der Waals surface area contributed by atoms with Crippen LogP contribution in [0, 0.1) is 11.3 Å². The van der Waals surface area contributed by atoms with Crippen molar-refractivity contribution in [3.05, 3.63) is 35.4 Å². The molecule has 0 aromatic heterocycles. The summed E-state index contributed by atoms with van der Waals surface area (Å²) >= 11 is 0. The van der Waals surface area contributed by atoms with Crippen LogP contribution in [0.4, 0.5) is 0 Å². The van der Waals surface area contributed by atoms with Gasteiger partial charge in [0, 0.05) is 57.9 Å². The van der Waals surface area contributed by atoms with Gasteiger partial charge in [-0.05, 0) is 44.4 Å². The van der Waals surface area contributed by atoms with E-state index in [1.807, 2.05) is 12.1 Å². The Morgan fingerprint density at radius 3 is 2.08 bits per heavy atom. The molecular weight excluding hydrogens is 296 g/mol. The second-order valence-electron chi connectivity index (χ2n) is 7.44. The lowest BCUT2D eigenvalue weighted by Crippen LogP contribution is -2.48. The van der Waals surface area contributed by atoms with Gasteiger partial charge in [0.15, 0.2) is 0 Å². The van der Waals surface area contributed by atoms with E-state index >= 15 is 0 Å². The van der Waals surface area contributed by atoms with Crippen LogP contribution in [0.15, 0.2) is 24.3 Å². The zero-order valence-electron chi connectivity index (χ0n) is 15.1. The highest BCUT2D eigenvalue weighted by Gasteiger charge is 2.27. The number of rotatable bonds is 5. The lowest BCUT2D eigenvalue weighted by molar-refractivity contribution is 0.106. The van der Waals surface area contributed by atoms with Crippen LogP contribution in [0.2, 0.25) is 0 Å². The Kier molecular flexibility index (Phi) is 5.89. The number of likely N-dealkylation sites (tertiary alicyclic amines) is 1. The fraction of sp³-hybridized carbons (Fsp3) is 0.650. The minimum Gasteiger partial charge on any atom is -0.300 e. The van der Waals surface area contributed by atoms with Crippen LogP contribution in [-0.2, 0) is 6.54 Å². The maximum Gasteiger partial charge on any atom is 0.0991 e. The fourth-order valence-corrected chi connectivity index (χ4v) is 4.06. The summed E-state index contributed by atoms with van der Waals surface area (Å²) < 4.78 is 0. The first-order valence-electron chi connectivity index (χ1n) is 9.35. The van der Waals surface area contributed by atoms with E-state index in [0.717, 1.165) is 37.3 Å². The molecule has 2 atom stereocenters. The van der Waals surface area contributed by atoms with Crippen LogP contribution in [0.3, 0.4) is 0 Å². The maximum absolute atomic E-state index is 8.87. The van der Waals surface area contributed by atoms with Gasteiger partial charge in [0.1, 0.15) is 0 Å².